The molecule has 11 nitrogen and oxygen atoms in total. The predicted octanol–water partition coefficient (Wildman–Crippen LogP) is -2.27. The zero-order valence-corrected chi connectivity index (χ0v) is 15.3. The van der Waals surface area contributed by atoms with Gasteiger partial charge in [-0.15, -0.1) is 0 Å². The molecular formula is C14H24N4O7S. The van der Waals surface area contributed by atoms with Crippen LogP contribution in [0.5, 0.6) is 0 Å². The number of aliphatic carboxylic acids is 2. The highest BCUT2D eigenvalue weighted by Crippen LogP contribution is 2.03. The Kier molecular flexibility index (Phi) is 11.0. The standard InChI is InChI=1S/C14H24N4O7S/c1-7(12(23)16-6-11(21)22)17-14(25)9(3-4-26-2)18-13(24)8(15)5-10(19)20/h7-9H,3-6,15H2,1-2H3,(H,16,23)(H,17,25)(H,18,24)(H,19,20)(H,21,22). The molecule has 148 valence electrons. The first-order valence-corrected chi connectivity index (χ1v) is 9.04. The normalized spacial score (nSPS) is 13.8. The van der Waals surface area contributed by atoms with E-state index in [2.05, 4.69) is 16.0 Å². The van der Waals surface area contributed by atoms with Crippen LogP contribution in [0.3, 0.4) is 0 Å². The number of carbonyl (C=O) groups excluding carboxylic acids is 3. The molecule has 0 spiro atoms. The van der Waals surface area contributed by atoms with Gasteiger partial charge in [0.1, 0.15) is 18.6 Å². The van der Waals surface area contributed by atoms with E-state index in [9.17, 15) is 24.0 Å². The molecule has 26 heavy (non-hydrogen) atoms. The summed E-state index contributed by atoms with van der Waals surface area (Å²) < 4.78 is 0. The fourth-order valence-electron chi connectivity index (χ4n) is 1.76. The number of nitrogens with two attached hydrogens (primary N) is 1. The Hall–Kier alpha value is -2.34. The number of carboxylic acid groups (broad SMARTS) is 2. The fourth-order valence-corrected chi connectivity index (χ4v) is 2.23. The quantitative estimate of drug-likeness (QED) is 0.213. The van der Waals surface area contributed by atoms with Crippen molar-refractivity contribution in [3.8, 4) is 0 Å². The van der Waals surface area contributed by atoms with E-state index in [4.69, 9.17) is 15.9 Å². The Labute approximate surface area is 154 Å². The minimum atomic E-state index is -1.31. The summed E-state index contributed by atoms with van der Waals surface area (Å²) in [6, 6.07) is -3.35. The summed E-state index contributed by atoms with van der Waals surface area (Å²) in [5.41, 5.74) is 5.46. The molecular weight excluding hydrogens is 368 g/mol. The van der Waals surface area contributed by atoms with Crippen LogP contribution in [0.25, 0.3) is 0 Å². The van der Waals surface area contributed by atoms with E-state index in [1.54, 1.807) is 6.26 Å². The van der Waals surface area contributed by atoms with E-state index in [1.807, 2.05) is 0 Å². The maximum Gasteiger partial charge on any atom is 0.322 e. The van der Waals surface area contributed by atoms with Crippen LogP contribution in [0.4, 0.5) is 0 Å². The van der Waals surface area contributed by atoms with E-state index in [1.165, 1.54) is 18.7 Å². The second kappa shape index (κ2) is 12.1. The summed E-state index contributed by atoms with van der Waals surface area (Å²) in [4.78, 5) is 57.0. The SMILES string of the molecule is CSCCC(NC(=O)C(N)CC(=O)O)C(=O)NC(C)C(=O)NCC(=O)O. The first kappa shape index (κ1) is 23.7. The molecule has 0 aromatic heterocycles. The van der Waals surface area contributed by atoms with Crippen molar-refractivity contribution in [1.29, 1.82) is 0 Å². The van der Waals surface area contributed by atoms with Crippen molar-refractivity contribution >= 4 is 41.4 Å². The van der Waals surface area contributed by atoms with Gasteiger partial charge in [-0.25, -0.2) is 0 Å². The van der Waals surface area contributed by atoms with E-state index in [0.717, 1.165) is 0 Å². The molecule has 0 radical (unpaired) electrons. The van der Waals surface area contributed by atoms with Gasteiger partial charge in [0.25, 0.3) is 0 Å². The average molecular weight is 392 g/mol. The lowest BCUT2D eigenvalue weighted by Gasteiger charge is -2.22. The van der Waals surface area contributed by atoms with Gasteiger partial charge in [0.15, 0.2) is 0 Å². The van der Waals surface area contributed by atoms with Crippen LogP contribution in [0.2, 0.25) is 0 Å². The number of carboxylic acids is 2. The summed E-state index contributed by atoms with van der Waals surface area (Å²) in [7, 11) is 0. The van der Waals surface area contributed by atoms with Crippen LogP contribution in [-0.4, -0.2) is 76.6 Å². The van der Waals surface area contributed by atoms with E-state index < -0.39 is 60.8 Å². The van der Waals surface area contributed by atoms with Crippen LogP contribution in [0.1, 0.15) is 19.8 Å². The molecule has 0 saturated heterocycles. The predicted molar refractivity (Wildman–Crippen MR) is 93.4 cm³/mol. The van der Waals surface area contributed by atoms with Gasteiger partial charge < -0.3 is 31.9 Å². The number of carbonyl (C=O) groups is 5. The van der Waals surface area contributed by atoms with Crippen molar-refractivity contribution in [1.82, 2.24) is 16.0 Å². The highest BCUT2D eigenvalue weighted by molar-refractivity contribution is 7.98. The largest absolute Gasteiger partial charge is 0.481 e. The molecule has 0 heterocycles. The molecule has 3 atom stereocenters. The summed E-state index contributed by atoms with van der Waals surface area (Å²) in [5, 5.41) is 24.0. The van der Waals surface area contributed by atoms with Crippen molar-refractivity contribution < 1.29 is 34.2 Å². The van der Waals surface area contributed by atoms with Gasteiger partial charge in [-0.3, -0.25) is 24.0 Å². The Morgan fingerprint density at radius 1 is 1.00 bits per heavy atom. The van der Waals surface area contributed by atoms with E-state index in [0.29, 0.717) is 5.75 Å². The lowest BCUT2D eigenvalue weighted by molar-refractivity contribution is -0.139. The van der Waals surface area contributed by atoms with Crippen LogP contribution in [0, 0.1) is 0 Å². The number of hydrogen-bond donors (Lipinski definition) is 6. The number of amides is 3. The second-order valence-corrected chi connectivity index (χ2v) is 6.37. The molecule has 0 aliphatic carbocycles. The van der Waals surface area contributed by atoms with E-state index >= 15 is 0 Å². The molecule has 3 amide bonds. The molecule has 0 bridgehead atoms. The fraction of sp³-hybridized carbons (Fsp3) is 0.643. The Bertz CT molecular complexity index is 543. The smallest absolute Gasteiger partial charge is 0.322 e. The lowest BCUT2D eigenvalue weighted by atomic mass is 10.1. The molecule has 0 saturated carbocycles. The molecule has 0 aromatic rings. The van der Waals surface area contributed by atoms with Gasteiger partial charge in [-0.1, -0.05) is 0 Å². The van der Waals surface area contributed by atoms with Crippen LogP contribution in [0.15, 0.2) is 0 Å². The zero-order valence-electron chi connectivity index (χ0n) is 14.5. The Balaban J connectivity index is 4.81. The number of rotatable bonds is 12. The number of nitrogens with one attached hydrogen (secondary N) is 3. The molecule has 7 N–H and O–H groups in total. The van der Waals surface area contributed by atoms with Crippen LogP contribution in [-0.2, 0) is 24.0 Å². The minimum absolute atomic E-state index is 0.238. The first-order valence-electron chi connectivity index (χ1n) is 7.65. The molecule has 0 aliphatic rings. The van der Waals surface area contributed by atoms with Crippen LogP contribution < -0.4 is 21.7 Å². The monoisotopic (exact) mass is 392 g/mol. The molecule has 3 unspecified atom stereocenters. The maximum atomic E-state index is 12.3. The van der Waals surface area contributed by atoms with Crippen LogP contribution >= 0.6 is 11.8 Å². The summed E-state index contributed by atoms with van der Waals surface area (Å²) in [6.45, 7) is 0.772. The first-order chi connectivity index (χ1) is 12.1. The zero-order chi connectivity index (χ0) is 20.3. The molecule has 0 fully saturated rings. The van der Waals surface area contributed by atoms with Gasteiger partial charge >= 0.3 is 11.9 Å². The van der Waals surface area contributed by atoms with Crippen molar-refractivity contribution in [2.24, 2.45) is 5.73 Å². The lowest BCUT2D eigenvalue weighted by Crippen LogP contribution is -2.55. The molecule has 0 aromatic carbocycles. The number of thioether (sulfide) groups is 1. The molecule has 0 aliphatic heterocycles. The Morgan fingerprint density at radius 3 is 2.12 bits per heavy atom. The minimum Gasteiger partial charge on any atom is -0.481 e. The highest BCUT2D eigenvalue weighted by atomic mass is 32.2. The average Bonchev–Trinajstić information content (AvgIpc) is 2.54. The maximum absolute atomic E-state index is 12.3. The van der Waals surface area contributed by atoms with Gasteiger partial charge in [-0.05, 0) is 25.4 Å². The topological polar surface area (TPSA) is 188 Å². The van der Waals surface area contributed by atoms with Gasteiger partial charge in [0, 0.05) is 0 Å². The highest BCUT2D eigenvalue weighted by Gasteiger charge is 2.26. The third-order valence-electron chi connectivity index (χ3n) is 3.14. The van der Waals surface area contributed by atoms with Crippen molar-refractivity contribution in [3.05, 3.63) is 0 Å². The molecule has 12 heteroatoms. The van der Waals surface area contributed by atoms with Gasteiger partial charge in [0.05, 0.1) is 12.5 Å². The van der Waals surface area contributed by atoms with Gasteiger partial charge in [-0.2, -0.15) is 11.8 Å². The third kappa shape index (κ3) is 9.84. The van der Waals surface area contributed by atoms with Gasteiger partial charge in [0.2, 0.25) is 17.7 Å². The van der Waals surface area contributed by atoms with Crippen molar-refractivity contribution in [2.75, 3.05) is 18.6 Å². The number of hydrogen-bond acceptors (Lipinski definition) is 7. The molecule has 0 rings (SSSR count). The summed E-state index contributed by atoms with van der Waals surface area (Å²) in [6.07, 6.45) is 1.45. The second-order valence-electron chi connectivity index (χ2n) is 5.39. The third-order valence-corrected chi connectivity index (χ3v) is 3.78. The van der Waals surface area contributed by atoms with E-state index in [-0.39, 0.29) is 6.42 Å². The summed E-state index contributed by atoms with van der Waals surface area (Å²) in [5.74, 6) is -4.11. The van der Waals surface area contributed by atoms with Crippen molar-refractivity contribution in [2.45, 2.75) is 37.9 Å². The van der Waals surface area contributed by atoms with Crippen molar-refractivity contribution in [3.63, 3.8) is 0 Å². The summed E-state index contributed by atoms with van der Waals surface area (Å²) >= 11 is 1.43. The Morgan fingerprint density at radius 2 is 1.62 bits per heavy atom.